The minimum absolute atomic E-state index is 0.107. The molecule has 0 saturated carbocycles. The third kappa shape index (κ3) is 3.10. The van der Waals surface area contributed by atoms with Crippen LogP contribution < -0.4 is 5.32 Å². The number of nitrogens with zero attached hydrogens (tertiary/aromatic N) is 2. The number of benzene rings is 1. The van der Waals surface area contributed by atoms with Crippen LogP contribution >= 0.6 is 0 Å². The molecule has 1 N–H and O–H groups in total. The molecule has 20 heavy (non-hydrogen) atoms. The predicted octanol–water partition coefficient (Wildman–Crippen LogP) is 3.81. The largest absolute Gasteiger partial charge is 0.370 e. The van der Waals surface area contributed by atoms with E-state index < -0.39 is 11.6 Å². The Morgan fingerprint density at radius 1 is 1.10 bits per heavy atom. The second-order valence-corrected chi connectivity index (χ2v) is 4.43. The maximum absolute atomic E-state index is 13.8. The molecule has 0 saturated heterocycles. The highest BCUT2D eigenvalue weighted by molar-refractivity contribution is 5.64. The van der Waals surface area contributed by atoms with Crippen LogP contribution in [0.15, 0.2) is 24.3 Å². The molecule has 0 bridgehead atoms. The molecule has 0 aliphatic carbocycles. The molecule has 0 atom stereocenters. The van der Waals surface area contributed by atoms with Gasteiger partial charge in [-0.2, -0.15) is 0 Å². The van der Waals surface area contributed by atoms with Crippen LogP contribution in [-0.2, 0) is 6.42 Å². The topological polar surface area (TPSA) is 37.8 Å². The molecule has 0 aliphatic rings. The van der Waals surface area contributed by atoms with Crippen LogP contribution in [0.1, 0.15) is 26.1 Å². The number of hydrogen-bond donors (Lipinski definition) is 1. The van der Waals surface area contributed by atoms with E-state index in [2.05, 4.69) is 15.3 Å². The van der Waals surface area contributed by atoms with Gasteiger partial charge in [-0.25, -0.2) is 18.7 Å². The summed E-state index contributed by atoms with van der Waals surface area (Å²) in [6, 6.07) is 5.37. The molecule has 3 nitrogen and oxygen atoms in total. The molecule has 0 radical (unpaired) electrons. The van der Waals surface area contributed by atoms with E-state index in [1.165, 1.54) is 18.2 Å². The van der Waals surface area contributed by atoms with Crippen LogP contribution in [-0.4, -0.2) is 16.5 Å². The molecule has 5 heteroatoms. The summed E-state index contributed by atoms with van der Waals surface area (Å²) >= 11 is 0. The number of anilines is 1. The van der Waals surface area contributed by atoms with Crippen LogP contribution in [0.25, 0.3) is 11.3 Å². The van der Waals surface area contributed by atoms with Crippen LogP contribution in [0.2, 0.25) is 0 Å². The average Bonchev–Trinajstić information content (AvgIpc) is 2.44. The summed E-state index contributed by atoms with van der Waals surface area (Å²) in [5.74, 6) is -0.0838. The summed E-state index contributed by atoms with van der Waals surface area (Å²) in [7, 11) is 0. The Morgan fingerprint density at radius 2 is 1.80 bits per heavy atom. The predicted molar refractivity (Wildman–Crippen MR) is 75.5 cm³/mol. The molecule has 2 aromatic rings. The van der Waals surface area contributed by atoms with E-state index in [0.717, 1.165) is 13.0 Å². The molecule has 0 unspecified atom stereocenters. The molecule has 1 aromatic heterocycles. The molecule has 0 aliphatic heterocycles. The lowest BCUT2D eigenvalue weighted by Gasteiger charge is -2.10. The average molecular weight is 277 g/mol. The van der Waals surface area contributed by atoms with Crippen LogP contribution in [0.3, 0.4) is 0 Å². The summed E-state index contributed by atoms with van der Waals surface area (Å²) in [5, 5.41) is 3.12. The van der Waals surface area contributed by atoms with Crippen LogP contribution in [0.4, 0.5) is 14.6 Å². The van der Waals surface area contributed by atoms with Gasteiger partial charge in [-0.15, -0.1) is 0 Å². The quantitative estimate of drug-likeness (QED) is 0.903. The Hall–Kier alpha value is -2.04. The first-order chi connectivity index (χ1) is 9.65. The monoisotopic (exact) mass is 277 g/mol. The summed E-state index contributed by atoms with van der Waals surface area (Å²) in [6.45, 7) is 4.69. The van der Waals surface area contributed by atoms with Gasteiger partial charge in [0.05, 0.1) is 11.3 Å². The number of hydrogen-bond acceptors (Lipinski definition) is 3. The van der Waals surface area contributed by atoms with Crippen molar-refractivity contribution in [2.24, 2.45) is 0 Å². The zero-order chi connectivity index (χ0) is 14.5. The van der Waals surface area contributed by atoms with Crippen molar-refractivity contribution in [1.82, 2.24) is 9.97 Å². The maximum Gasteiger partial charge on any atom is 0.135 e. The van der Waals surface area contributed by atoms with E-state index in [4.69, 9.17) is 0 Å². The summed E-state index contributed by atoms with van der Waals surface area (Å²) in [5.41, 5.74) is 0.162. The second kappa shape index (κ2) is 6.41. The standard InChI is InChI=1S/C15H17F2N3/c1-3-8-18-14-9-12(19-13(4-2)20-14)15-10(16)6-5-7-11(15)17/h5-7,9H,3-4,8H2,1-2H3,(H,18,19,20). The molecule has 0 spiro atoms. The third-order valence-corrected chi connectivity index (χ3v) is 2.86. The molecular formula is C15H17F2N3. The van der Waals surface area contributed by atoms with Gasteiger partial charge < -0.3 is 5.32 Å². The molecule has 0 amide bonds. The Labute approximate surface area is 117 Å². The van der Waals surface area contributed by atoms with Gasteiger partial charge in [-0.05, 0) is 18.6 Å². The lowest BCUT2D eigenvalue weighted by Crippen LogP contribution is -2.06. The normalized spacial score (nSPS) is 10.6. The van der Waals surface area contributed by atoms with E-state index in [0.29, 0.717) is 18.1 Å². The SMILES string of the molecule is CCCNc1cc(-c2c(F)cccc2F)nc(CC)n1. The minimum atomic E-state index is -0.618. The highest BCUT2D eigenvalue weighted by Crippen LogP contribution is 2.26. The molecule has 2 rings (SSSR count). The van der Waals surface area contributed by atoms with Crippen molar-refractivity contribution in [3.05, 3.63) is 41.7 Å². The highest BCUT2D eigenvalue weighted by atomic mass is 19.1. The summed E-state index contributed by atoms with van der Waals surface area (Å²) in [6.07, 6.45) is 1.54. The van der Waals surface area contributed by atoms with Crippen molar-refractivity contribution >= 4 is 5.82 Å². The zero-order valence-electron chi connectivity index (χ0n) is 11.6. The molecular weight excluding hydrogens is 260 g/mol. The smallest absolute Gasteiger partial charge is 0.135 e. The van der Waals surface area contributed by atoms with Crippen LogP contribution in [0.5, 0.6) is 0 Å². The van der Waals surface area contributed by atoms with Gasteiger partial charge in [0.25, 0.3) is 0 Å². The van der Waals surface area contributed by atoms with E-state index in [-0.39, 0.29) is 11.3 Å². The number of nitrogens with one attached hydrogen (secondary N) is 1. The van der Waals surface area contributed by atoms with Gasteiger partial charge in [0.2, 0.25) is 0 Å². The van der Waals surface area contributed by atoms with Crippen molar-refractivity contribution < 1.29 is 8.78 Å². The van der Waals surface area contributed by atoms with Crippen molar-refractivity contribution in [3.8, 4) is 11.3 Å². The summed E-state index contributed by atoms with van der Waals surface area (Å²) < 4.78 is 27.7. The fraction of sp³-hybridized carbons (Fsp3) is 0.333. The van der Waals surface area contributed by atoms with Gasteiger partial charge in [0.15, 0.2) is 0 Å². The lowest BCUT2D eigenvalue weighted by atomic mass is 10.1. The molecule has 1 heterocycles. The van der Waals surface area contributed by atoms with Crippen LogP contribution in [0, 0.1) is 11.6 Å². The second-order valence-electron chi connectivity index (χ2n) is 4.43. The first kappa shape index (κ1) is 14.4. The van der Waals surface area contributed by atoms with Gasteiger partial charge >= 0.3 is 0 Å². The number of halogens is 2. The van der Waals surface area contributed by atoms with E-state index in [9.17, 15) is 8.78 Å². The maximum atomic E-state index is 13.8. The van der Waals surface area contributed by atoms with Gasteiger partial charge in [0.1, 0.15) is 23.3 Å². The van der Waals surface area contributed by atoms with Gasteiger partial charge in [0, 0.05) is 19.0 Å². The van der Waals surface area contributed by atoms with E-state index in [1.807, 2.05) is 13.8 Å². The summed E-state index contributed by atoms with van der Waals surface area (Å²) in [4.78, 5) is 8.53. The Morgan fingerprint density at radius 3 is 2.40 bits per heavy atom. The first-order valence-electron chi connectivity index (χ1n) is 6.72. The number of aryl methyl sites for hydroxylation is 1. The zero-order valence-corrected chi connectivity index (χ0v) is 11.6. The fourth-order valence-electron chi connectivity index (χ4n) is 1.87. The van der Waals surface area contributed by atoms with E-state index >= 15 is 0 Å². The Kier molecular flexibility index (Phi) is 4.61. The van der Waals surface area contributed by atoms with Gasteiger partial charge in [-0.1, -0.05) is 19.9 Å². The van der Waals surface area contributed by atoms with Crippen molar-refractivity contribution in [1.29, 1.82) is 0 Å². The highest BCUT2D eigenvalue weighted by Gasteiger charge is 2.14. The van der Waals surface area contributed by atoms with Crippen molar-refractivity contribution in [3.63, 3.8) is 0 Å². The number of rotatable bonds is 5. The molecule has 0 fully saturated rings. The minimum Gasteiger partial charge on any atom is -0.370 e. The van der Waals surface area contributed by atoms with Crippen molar-refractivity contribution in [2.45, 2.75) is 26.7 Å². The Balaban J connectivity index is 2.50. The van der Waals surface area contributed by atoms with Crippen molar-refractivity contribution in [2.75, 3.05) is 11.9 Å². The molecule has 106 valence electrons. The Bertz CT molecular complexity index is 579. The van der Waals surface area contributed by atoms with Gasteiger partial charge in [-0.3, -0.25) is 0 Å². The third-order valence-electron chi connectivity index (χ3n) is 2.86. The molecule has 1 aromatic carbocycles. The fourth-order valence-corrected chi connectivity index (χ4v) is 1.87. The number of aromatic nitrogens is 2. The van der Waals surface area contributed by atoms with E-state index in [1.54, 1.807) is 6.07 Å². The lowest BCUT2D eigenvalue weighted by molar-refractivity contribution is 0.588. The first-order valence-corrected chi connectivity index (χ1v) is 6.72.